The Hall–Kier alpha value is -5.84. The van der Waals surface area contributed by atoms with E-state index in [1.165, 1.54) is 0 Å². The molecule has 38 heavy (non-hydrogen) atoms. The Kier molecular flexibility index (Phi) is 4.57. The van der Waals surface area contributed by atoms with Crippen molar-refractivity contribution in [2.75, 3.05) is 0 Å². The molecular formula is C31H17N7. The minimum absolute atomic E-state index is 0.356. The van der Waals surface area contributed by atoms with Crippen LogP contribution in [-0.2, 0) is 6.54 Å². The Morgan fingerprint density at radius 1 is 0.711 bits per heavy atom. The molecule has 176 valence electrons. The molecule has 1 N–H and O–H groups in total. The van der Waals surface area contributed by atoms with Crippen molar-refractivity contribution >= 4 is 38.8 Å². The van der Waals surface area contributed by atoms with Crippen LogP contribution in [0.15, 0.2) is 84.7 Å². The summed E-state index contributed by atoms with van der Waals surface area (Å²) in [6.45, 7) is 0.492. The van der Waals surface area contributed by atoms with E-state index in [1.54, 1.807) is 6.20 Å². The Labute approximate surface area is 217 Å². The molecule has 1 aliphatic rings. The average molecular weight is 488 g/mol. The number of nitriles is 3. The van der Waals surface area contributed by atoms with Gasteiger partial charge in [-0.2, -0.15) is 15.8 Å². The predicted molar refractivity (Wildman–Crippen MR) is 145 cm³/mol. The highest BCUT2D eigenvalue weighted by Crippen LogP contribution is 2.36. The second kappa shape index (κ2) is 8.10. The summed E-state index contributed by atoms with van der Waals surface area (Å²) in [5, 5.41) is 35.1. The van der Waals surface area contributed by atoms with Gasteiger partial charge in [0, 0.05) is 33.1 Å². The highest BCUT2D eigenvalue weighted by molar-refractivity contribution is 6.09. The number of pyridine rings is 1. The molecule has 0 atom stereocenters. The second-order valence-corrected chi connectivity index (χ2v) is 9.14. The molecule has 0 unspecified atom stereocenters. The average Bonchev–Trinajstić information content (AvgIpc) is 3.49. The van der Waals surface area contributed by atoms with E-state index in [0.29, 0.717) is 23.5 Å². The zero-order valence-corrected chi connectivity index (χ0v) is 20.0. The van der Waals surface area contributed by atoms with Crippen molar-refractivity contribution in [2.24, 2.45) is 0 Å². The maximum absolute atomic E-state index is 10.0. The molecule has 0 amide bonds. The third kappa shape index (κ3) is 3.02. The van der Waals surface area contributed by atoms with Crippen molar-refractivity contribution in [2.45, 2.75) is 6.54 Å². The van der Waals surface area contributed by atoms with Crippen LogP contribution < -0.4 is 5.32 Å². The van der Waals surface area contributed by atoms with Gasteiger partial charge in [0.15, 0.2) is 0 Å². The number of allylic oxidation sites excluding steroid dienone is 1. The van der Waals surface area contributed by atoms with Gasteiger partial charge in [0.25, 0.3) is 0 Å². The van der Waals surface area contributed by atoms with Gasteiger partial charge in [0.2, 0.25) is 0 Å². The summed E-state index contributed by atoms with van der Waals surface area (Å²) in [5.41, 5.74) is 7.92. The van der Waals surface area contributed by atoms with Crippen molar-refractivity contribution < 1.29 is 0 Å². The van der Waals surface area contributed by atoms with E-state index in [-0.39, 0.29) is 0 Å². The predicted octanol–water partition coefficient (Wildman–Crippen LogP) is 5.83. The van der Waals surface area contributed by atoms with Crippen LogP contribution in [-0.4, -0.2) is 14.1 Å². The van der Waals surface area contributed by atoms with Crippen LogP contribution >= 0.6 is 0 Å². The summed E-state index contributed by atoms with van der Waals surface area (Å²) in [7, 11) is 0. The van der Waals surface area contributed by atoms with Gasteiger partial charge in [-0.1, -0.05) is 36.4 Å². The van der Waals surface area contributed by atoms with E-state index in [9.17, 15) is 15.8 Å². The standard InChI is InChI=1S/C31H17N7/c32-14-19-9-22(37-28-7-3-1-5-24(28)26-11-20(15-33)35-17-30(26)37)13-23(10-19)38-29-8-4-2-6-25(29)27-12-21(16-34)36-18-31(27)38/h1-13,17,36H,18H2. The van der Waals surface area contributed by atoms with Crippen LogP contribution in [0.3, 0.4) is 0 Å². The minimum atomic E-state index is 0.356. The Bertz CT molecular complexity index is 2120. The lowest BCUT2D eigenvalue weighted by molar-refractivity contribution is 0.779. The Morgan fingerprint density at radius 3 is 2.16 bits per heavy atom. The monoisotopic (exact) mass is 487 g/mol. The number of nitrogens with zero attached hydrogens (tertiary/aromatic N) is 6. The lowest BCUT2D eigenvalue weighted by Crippen LogP contribution is -2.18. The largest absolute Gasteiger partial charge is 0.371 e. The van der Waals surface area contributed by atoms with Crippen LogP contribution in [0.25, 0.3) is 50.2 Å². The molecule has 0 saturated heterocycles. The molecule has 0 bridgehead atoms. The number of hydrogen-bond donors (Lipinski definition) is 1. The molecule has 0 fully saturated rings. The quantitative estimate of drug-likeness (QED) is 0.331. The molecular weight excluding hydrogens is 470 g/mol. The lowest BCUT2D eigenvalue weighted by atomic mass is 10.1. The molecule has 7 heteroatoms. The van der Waals surface area contributed by atoms with E-state index < -0.39 is 0 Å². The Morgan fingerprint density at radius 2 is 1.42 bits per heavy atom. The van der Waals surface area contributed by atoms with Gasteiger partial charge in [0.05, 0.1) is 46.6 Å². The summed E-state index contributed by atoms with van der Waals surface area (Å²) in [4.78, 5) is 4.34. The third-order valence-electron chi connectivity index (χ3n) is 7.09. The highest BCUT2D eigenvalue weighted by atomic mass is 15.1. The number of fused-ring (bicyclic) bond motifs is 6. The highest BCUT2D eigenvalue weighted by Gasteiger charge is 2.22. The van der Waals surface area contributed by atoms with E-state index in [4.69, 9.17) is 0 Å². The van der Waals surface area contributed by atoms with E-state index in [2.05, 4.69) is 55.8 Å². The number of nitrogens with one attached hydrogen (secondary N) is 1. The zero-order valence-electron chi connectivity index (χ0n) is 20.0. The summed E-state index contributed by atoms with van der Waals surface area (Å²) < 4.78 is 4.25. The summed E-state index contributed by atoms with van der Waals surface area (Å²) in [6.07, 6.45) is 3.61. The van der Waals surface area contributed by atoms with Crippen molar-refractivity contribution in [1.29, 1.82) is 15.8 Å². The maximum atomic E-state index is 10.0. The van der Waals surface area contributed by atoms with Crippen molar-refractivity contribution in [1.82, 2.24) is 19.4 Å². The number of para-hydroxylation sites is 2. The molecule has 0 spiro atoms. The fraction of sp³-hybridized carbons (Fsp3) is 0.0323. The lowest BCUT2D eigenvalue weighted by Gasteiger charge is -2.18. The molecule has 7 rings (SSSR count). The molecule has 4 heterocycles. The van der Waals surface area contributed by atoms with Gasteiger partial charge in [0.1, 0.15) is 23.5 Å². The maximum Gasteiger partial charge on any atom is 0.141 e. The van der Waals surface area contributed by atoms with Gasteiger partial charge in [-0.3, -0.25) is 0 Å². The van der Waals surface area contributed by atoms with Crippen molar-refractivity contribution in [3.05, 3.63) is 107 Å². The summed E-state index contributed by atoms with van der Waals surface area (Å²) in [6, 6.07) is 30.4. The van der Waals surface area contributed by atoms with E-state index >= 15 is 0 Å². The van der Waals surface area contributed by atoms with Crippen molar-refractivity contribution in [3.63, 3.8) is 0 Å². The smallest absolute Gasteiger partial charge is 0.141 e. The number of benzene rings is 3. The van der Waals surface area contributed by atoms with Crippen LogP contribution in [0.2, 0.25) is 0 Å². The number of rotatable bonds is 2. The van der Waals surface area contributed by atoms with Gasteiger partial charge >= 0.3 is 0 Å². The fourth-order valence-corrected chi connectivity index (χ4v) is 5.52. The van der Waals surface area contributed by atoms with E-state index in [0.717, 1.165) is 55.3 Å². The molecule has 1 aliphatic heterocycles. The first-order chi connectivity index (χ1) is 18.7. The third-order valence-corrected chi connectivity index (χ3v) is 7.09. The SMILES string of the molecule is N#CC1=Cc2c(n(-c3cc(C#N)cc(-n4c5ccccc5c5cc(C#N)ncc54)c3)c3ccccc23)CN1. The Balaban J connectivity index is 1.55. The first-order valence-electron chi connectivity index (χ1n) is 12.0. The normalized spacial score (nSPS) is 12.4. The minimum Gasteiger partial charge on any atom is -0.371 e. The molecule has 0 radical (unpaired) electrons. The molecule has 0 saturated carbocycles. The molecule has 6 aromatic rings. The van der Waals surface area contributed by atoms with Gasteiger partial charge in [-0.25, -0.2) is 4.98 Å². The van der Waals surface area contributed by atoms with Crippen molar-refractivity contribution in [3.8, 4) is 29.6 Å². The fourth-order valence-electron chi connectivity index (χ4n) is 5.52. The first-order valence-corrected chi connectivity index (χ1v) is 12.0. The van der Waals surface area contributed by atoms with E-state index in [1.807, 2.05) is 60.7 Å². The molecule has 7 nitrogen and oxygen atoms in total. The van der Waals surface area contributed by atoms with Crippen LogP contribution in [0.4, 0.5) is 0 Å². The number of aromatic nitrogens is 3. The molecule has 0 aliphatic carbocycles. The topological polar surface area (TPSA) is 106 Å². The van der Waals surface area contributed by atoms with Crippen LogP contribution in [0.1, 0.15) is 22.5 Å². The van der Waals surface area contributed by atoms with Gasteiger partial charge in [-0.05, 0) is 42.5 Å². The molecule has 3 aromatic heterocycles. The van der Waals surface area contributed by atoms with Gasteiger partial charge < -0.3 is 14.5 Å². The van der Waals surface area contributed by atoms with Crippen LogP contribution in [0.5, 0.6) is 0 Å². The van der Waals surface area contributed by atoms with Gasteiger partial charge in [-0.15, -0.1) is 0 Å². The molecule has 3 aromatic carbocycles. The zero-order chi connectivity index (χ0) is 25.8. The number of hydrogen-bond acceptors (Lipinski definition) is 5. The summed E-state index contributed by atoms with van der Waals surface area (Å²) >= 11 is 0. The second-order valence-electron chi connectivity index (χ2n) is 9.14. The van der Waals surface area contributed by atoms with Crippen LogP contribution in [0, 0.1) is 34.0 Å². The summed E-state index contributed by atoms with van der Waals surface area (Å²) in [5.74, 6) is 0. The first kappa shape index (κ1) is 21.4.